The second kappa shape index (κ2) is 7.46. The summed E-state index contributed by atoms with van der Waals surface area (Å²) < 4.78 is 0. The second-order valence-corrected chi connectivity index (χ2v) is 7.55. The number of rotatable bonds is 5. The molecule has 1 N–H and O–H groups in total. The third-order valence-electron chi connectivity index (χ3n) is 4.77. The number of piperidine rings is 1. The predicted octanol–water partition coefficient (Wildman–Crippen LogP) is 1.80. The molecule has 8 heteroatoms. The lowest BCUT2D eigenvalue weighted by atomic mass is 9.97. The molecule has 0 bridgehead atoms. The van der Waals surface area contributed by atoms with Crippen molar-refractivity contribution in [3.8, 4) is 0 Å². The van der Waals surface area contributed by atoms with Crippen molar-refractivity contribution in [3.05, 3.63) is 0 Å². The van der Waals surface area contributed by atoms with Crippen LogP contribution in [0, 0.1) is 5.92 Å². The van der Waals surface area contributed by atoms with E-state index in [1.54, 1.807) is 4.90 Å². The quantitative estimate of drug-likeness (QED) is 0.875. The summed E-state index contributed by atoms with van der Waals surface area (Å²) >= 11 is 1.45. The number of hydrogen-bond donors (Lipinski definition) is 1. The molecule has 3 rings (SSSR count). The molecule has 3 heterocycles. The van der Waals surface area contributed by atoms with Gasteiger partial charge in [0.2, 0.25) is 22.1 Å². The normalized spacial score (nSPS) is 22.8. The molecule has 0 saturated carbocycles. The first-order chi connectivity index (χ1) is 11.6. The summed E-state index contributed by atoms with van der Waals surface area (Å²) in [6, 6.07) is 0.210. The summed E-state index contributed by atoms with van der Waals surface area (Å²) in [5.41, 5.74) is 0. The van der Waals surface area contributed by atoms with Crippen LogP contribution >= 0.6 is 11.3 Å². The van der Waals surface area contributed by atoms with Gasteiger partial charge < -0.3 is 10.2 Å². The van der Waals surface area contributed by atoms with E-state index in [-0.39, 0.29) is 23.8 Å². The van der Waals surface area contributed by atoms with E-state index < -0.39 is 0 Å². The van der Waals surface area contributed by atoms with Gasteiger partial charge >= 0.3 is 0 Å². The van der Waals surface area contributed by atoms with Gasteiger partial charge in [0, 0.05) is 32.1 Å². The molecule has 2 atom stereocenters. The van der Waals surface area contributed by atoms with Gasteiger partial charge in [-0.1, -0.05) is 18.3 Å². The average molecular weight is 351 g/mol. The molecular formula is C16H25N5O2S. The summed E-state index contributed by atoms with van der Waals surface area (Å²) in [5, 5.41) is 13.0. The minimum atomic E-state index is -0.00600. The Balaban J connectivity index is 1.63. The van der Waals surface area contributed by atoms with Gasteiger partial charge in [-0.3, -0.25) is 14.5 Å². The van der Waals surface area contributed by atoms with Crippen LogP contribution in [0.5, 0.6) is 0 Å². The highest BCUT2D eigenvalue weighted by Gasteiger charge is 2.30. The maximum atomic E-state index is 12.4. The Bertz CT molecular complexity index is 605. The molecule has 2 amide bonds. The van der Waals surface area contributed by atoms with E-state index in [4.69, 9.17) is 0 Å². The number of amides is 2. The summed E-state index contributed by atoms with van der Waals surface area (Å²) in [4.78, 5) is 28.1. The Morgan fingerprint density at radius 1 is 1.33 bits per heavy atom. The van der Waals surface area contributed by atoms with Crippen LogP contribution in [0.15, 0.2) is 0 Å². The van der Waals surface area contributed by atoms with Crippen LogP contribution in [0.25, 0.3) is 0 Å². The number of nitrogens with zero attached hydrogens (tertiary/aromatic N) is 4. The maximum absolute atomic E-state index is 12.4. The van der Waals surface area contributed by atoms with Crippen molar-refractivity contribution in [1.29, 1.82) is 0 Å². The van der Waals surface area contributed by atoms with Crippen LogP contribution in [0.3, 0.4) is 0 Å². The maximum Gasteiger partial charge on any atom is 0.228 e. The fraction of sp³-hybridized carbons (Fsp3) is 0.750. The predicted molar refractivity (Wildman–Crippen MR) is 94.3 cm³/mol. The lowest BCUT2D eigenvalue weighted by Crippen LogP contribution is -2.45. The summed E-state index contributed by atoms with van der Waals surface area (Å²) in [5.74, 6) is 0.254. The van der Waals surface area contributed by atoms with Crippen molar-refractivity contribution in [2.24, 2.45) is 5.92 Å². The molecule has 24 heavy (non-hydrogen) atoms. The first-order valence-corrected chi connectivity index (χ1v) is 9.59. The molecule has 0 unspecified atom stereocenters. The molecule has 1 aromatic rings. The van der Waals surface area contributed by atoms with Crippen LogP contribution in [0.1, 0.15) is 46.0 Å². The third-order valence-corrected chi connectivity index (χ3v) is 5.78. The van der Waals surface area contributed by atoms with Crippen molar-refractivity contribution in [2.45, 2.75) is 52.0 Å². The topological polar surface area (TPSA) is 78.4 Å². The van der Waals surface area contributed by atoms with Gasteiger partial charge in [-0.05, 0) is 32.6 Å². The highest BCUT2D eigenvalue weighted by atomic mass is 32.1. The third kappa shape index (κ3) is 3.68. The van der Waals surface area contributed by atoms with Crippen molar-refractivity contribution in [3.63, 3.8) is 0 Å². The zero-order valence-corrected chi connectivity index (χ0v) is 15.1. The Morgan fingerprint density at radius 2 is 2.12 bits per heavy atom. The zero-order valence-electron chi connectivity index (χ0n) is 14.3. The van der Waals surface area contributed by atoms with Crippen molar-refractivity contribution < 1.29 is 9.59 Å². The van der Waals surface area contributed by atoms with Crippen LogP contribution in [-0.4, -0.2) is 47.7 Å². The highest BCUT2D eigenvalue weighted by Crippen LogP contribution is 2.32. The molecule has 0 aliphatic carbocycles. The second-order valence-electron chi connectivity index (χ2n) is 6.62. The molecule has 132 valence electrons. The lowest BCUT2D eigenvalue weighted by Gasteiger charge is -2.32. The number of carbonyl (C=O) groups excluding carboxylic acids is 2. The average Bonchev–Trinajstić information content (AvgIpc) is 3.23. The van der Waals surface area contributed by atoms with Gasteiger partial charge in [0.1, 0.15) is 0 Å². The minimum Gasteiger partial charge on any atom is -0.353 e. The molecule has 1 aromatic heterocycles. The summed E-state index contributed by atoms with van der Waals surface area (Å²) in [7, 11) is 0. The number of nitrogens with one attached hydrogen (secondary N) is 1. The summed E-state index contributed by atoms with van der Waals surface area (Å²) in [6.45, 7) is 6.39. The van der Waals surface area contributed by atoms with E-state index in [1.165, 1.54) is 11.3 Å². The number of aromatic nitrogens is 2. The molecular weight excluding hydrogens is 326 g/mol. The Labute approximate surface area is 146 Å². The number of hydrogen-bond acceptors (Lipinski definition) is 6. The number of anilines is 2. The first-order valence-electron chi connectivity index (χ1n) is 8.77. The van der Waals surface area contributed by atoms with Crippen molar-refractivity contribution in [2.75, 3.05) is 29.4 Å². The van der Waals surface area contributed by atoms with Crippen LogP contribution in [-0.2, 0) is 9.59 Å². The first kappa shape index (κ1) is 17.1. The van der Waals surface area contributed by atoms with Gasteiger partial charge in [-0.15, -0.1) is 10.2 Å². The molecule has 0 radical (unpaired) electrons. The summed E-state index contributed by atoms with van der Waals surface area (Å²) in [6.07, 6.45) is 4.29. The Hall–Kier alpha value is -1.70. The van der Waals surface area contributed by atoms with Gasteiger partial charge in [-0.25, -0.2) is 0 Å². The van der Waals surface area contributed by atoms with E-state index in [1.807, 2.05) is 6.92 Å². The van der Waals surface area contributed by atoms with Gasteiger partial charge in [0.25, 0.3) is 0 Å². The van der Waals surface area contributed by atoms with E-state index in [0.29, 0.717) is 18.1 Å². The van der Waals surface area contributed by atoms with Gasteiger partial charge in [0.05, 0.1) is 5.92 Å². The number of carbonyl (C=O) groups is 2. The highest BCUT2D eigenvalue weighted by molar-refractivity contribution is 7.19. The fourth-order valence-electron chi connectivity index (χ4n) is 3.12. The SMILES string of the molecule is CC[C@@H](C)NC(=O)[C@@H]1CCCN(c2nnc(N3CCCC3=O)s2)C1. The van der Waals surface area contributed by atoms with Gasteiger partial charge in [-0.2, -0.15) is 0 Å². The van der Waals surface area contributed by atoms with E-state index >= 15 is 0 Å². The molecule has 0 spiro atoms. The Morgan fingerprint density at radius 3 is 2.83 bits per heavy atom. The molecule has 7 nitrogen and oxygen atoms in total. The van der Waals surface area contributed by atoms with Crippen molar-refractivity contribution >= 4 is 33.4 Å². The molecule has 0 aromatic carbocycles. The molecule has 2 aliphatic heterocycles. The zero-order chi connectivity index (χ0) is 17.1. The Kier molecular flexibility index (Phi) is 5.33. The molecule has 2 fully saturated rings. The molecule has 2 aliphatic rings. The van der Waals surface area contributed by atoms with E-state index in [0.717, 1.165) is 43.9 Å². The van der Waals surface area contributed by atoms with Crippen LogP contribution in [0.4, 0.5) is 10.3 Å². The van der Waals surface area contributed by atoms with E-state index in [9.17, 15) is 9.59 Å². The van der Waals surface area contributed by atoms with Crippen molar-refractivity contribution in [1.82, 2.24) is 15.5 Å². The largest absolute Gasteiger partial charge is 0.353 e. The smallest absolute Gasteiger partial charge is 0.228 e. The monoisotopic (exact) mass is 351 g/mol. The van der Waals surface area contributed by atoms with Crippen LogP contribution in [0.2, 0.25) is 0 Å². The van der Waals surface area contributed by atoms with Crippen LogP contribution < -0.4 is 15.1 Å². The van der Waals surface area contributed by atoms with E-state index in [2.05, 4.69) is 27.3 Å². The standard InChI is InChI=1S/C16H25N5O2S/c1-3-11(2)17-14(23)12-6-4-8-20(10-12)15-18-19-16(24-15)21-9-5-7-13(21)22/h11-12H,3-10H2,1-2H3,(H,17,23)/t11-,12-/m1/s1. The molecule has 2 saturated heterocycles. The fourth-order valence-corrected chi connectivity index (χ4v) is 4.05. The lowest BCUT2D eigenvalue weighted by molar-refractivity contribution is -0.125. The minimum absolute atomic E-state index is 0.00600. The van der Waals surface area contributed by atoms with Gasteiger partial charge in [0.15, 0.2) is 0 Å².